The predicted molar refractivity (Wildman–Crippen MR) is 104 cm³/mol. The third kappa shape index (κ3) is 4.75. The van der Waals surface area contributed by atoms with Crippen molar-refractivity contribution >= 4 is 16.0 Å². The maximum Gasteiger partial charge on any atom is 0.306 e. The van der Waals surface area contributed by atoms with Crippen LogP contribution >= 0.6 is 0 Å². The fourth-order valence-electron chi connectivity index (χ4n) is 2.87. The summed E-state index contributed by atoms with van der Waals surface area (Å²) in [4.78, 5) is 14.9. The molecule has 0 aromatic heterocycles. The minimum atomic E-state index is -3.57. The molecule has 28 heavy (non-hydrogen) atoms. The third-order valence-corrected chi connectivity index (χ3v) is 5.02. The number of hydrogen-bond acceptors (Lipinski definition) is 6. The largest absolute Gasteiger partial charge is 0.454 e. The molecule has 0 saturated heterocycles. The standard InChI is InChI=1S/C20H23NO6S/c1-4-14(2)21(12-15-5-8-17(9-6-15)27-28(3,23)24)20(22)16-7-10-18-19(11-16)26-13-25-18/h5-11,14H,4,12-13H2,1-3H3/t14-/m0/s1. The molecule has 2 aromatic rings. The van der Waals surface area contributed by atoms with Gasteiger partial charge >= 0.3 is 10.1 Å². The summed E-state index contributed by atoms with van der Waals surface area (Å²) >= 11 is 0. The number of fused-ring (bicyclic) bond motifs is 1. The van der Waals surface area contributed by atoms with Gasteiger partial charge in [0.1, 0.15) is 5.75 Å². The second kappa shape index (κ2) is 8.10. The molecule has 1 heterocycles. The molecule has 0 aliphatic carbocycles. The van der Waals surface area contributed by atoms with Crippen LogP contribution < -0.4 is 13.7 Å². The Morgan fingerprint density at radius 2 is 1.82 bits per heavy atom. The van der Waals surface area contributed by atoms with Crippen LogP contribution in [0.1, 0.15) is 36.2 Å². The van der Waals surface area contributed by atoms with Crippen molar-refractivity contribution in [2.24, 2.45) is 0 Å². The summed E-state index contributed by atoms with van der Waals surface area (Å²) < 4.78 is 38.0. The van der Waals surface area contributed by atoms with E-state index in [0.717, 1.165) is 18.2 Å². The molecule has 0 saturated carbocycles. The fourth-order valence-corrected chi connectivity index (χ4v) is 3.33. The predicted octanol–water partition coefficient (Wildman–Crippen LogP) is 3.19. The van der Waals surface area contributed by atoms with Crippen LogP contribution in [0.5, 0.6) is 17.2 Å². The van der Waals surface area contributed by atoms with Gasteiger partial charge in [-0.3, -0.25) is 4.79 Å². The van der Waals surface area contributed by atoms with Crippen molar-refractivity contribution in [1.82, 2.24) is 4.90 Å². The van der Waals surface area contributed by atoms with Gasteiger partial charge < -0.3 is 18.6 Å². The first-order valence-electron chi connectivity index (χ1n) is 8.96. The van der Waals surface area contributed by atoms with E-state index >= 15 is 0 Å². The van der Waals surface area contributed by atoms with E-state index in [1.807, 2.05) is 13.8 Å². The van der Waals surface area contributed by atoms with Crippen molar-refractivity contribution in [2.45, 2.75) is 32.9 Å². The van der Waals surface area contributed by atoms with Crippen LogP contribution in [0.15, 0.2) is 42.5 Å². The van der Waals surface area contributed by atoms with Crippen LogP contribution in [0.3, 0.4) is 0 Å². The normalized spacial score (nSPS) is 13.8. The fraction of sp³-hybridized carbons (Fsp3) is 0.350. The van der Waals surface area contributed by atoms with Crippen molar-refractivity contribution in [3.63, 3.8) is 0 Å². The SMILES string of the molecule is CC[C@H](C)N(Cc1ccc(OS(C)(=O)=O)cc1)C(=O)c1ccc2c(c1)OCO2. The maximum atomic E-state index is 13.1. The van der Waals surface area contributed by atoms with Gasteiger partial charge in [0.25, 0.3) is 5.91 Å². The molecular formula is C20H23NO6S. The van der Waals surface area contributed by atoms with Gasteiger partial charge in [-0.2, -0.15) is 8.42 Å². The van der Waals surface area contributed by atoms with Crippen molar-refractivity contribution in [3.8, 4) is 17.2 Å². The van der Waals surface area contributed by atoms with E-state index < -0.39 is 10.1 Å². The molecule has 150 valence electrons. The molecule has 7 nitrogen and oxygen atoms in total. The molecule has 0 unspecified atom stereocenters. The number of nitrogens with zero attached hydrogens (tertiary/aromatic N) is 1. The molecule has 1 atom stereocenters. The van der Waals surface area contributed by atoms with Gasteiger partial charge in [-0.05, 0) is 49.2 Å². The molecule has 0 bridgehead atoms. The van der Waals surface area contributed by atoms with E-state index in [1.165, 1.54) is 0 Å². The monoisotopic (exact) mass is 405 g/mol. The first-order chi connectivity index (χ1) is 13.3. The lowest BCUT2D eigenvalue weighted by Crippen LogP contribution is -2.37. The summed E-state index contributed by atoms with van der Waals surface area (Å²) in [6.45, 7) is 4.56. The van der Waals surface area contributed by atoms with Gasteiger partial charge in [-0.1, -0.05) is 19.1 Å². The summed E-state index contributed by atoms with van der Waals surface area (Å²) in [5.74, 6) is 1.33. The smallest absolute Gasteiger partial charge is 0.306 e. The summed E-state index contributed by atoms with van der Waals surface area (Å²) in [6, 6.07) is 11.8. The second-order valence-electron chi connectivity index (χ2n) is 6.69. The number of rotatable bonds is 7. The van der Waals surface area contributed by atoms with E-state index in [9.17, 15) is 13.2 Å². The Morgan fingerprint density at radius 1 is 1.14 bits per heavy atom. The van der Waals surface area contributed by atoms with Gasteiger partial charge in [0.05, 0.1) is 6.26 Å². The summed E-state index contributed by atoms with van der Waals surface area (Å²) in [5.41, 5.74) is 1.40. The summed E-state index contributed by atoms with van der Waals surface area (Å²) in [5, 5.41) is 0. The minimum Gasteiger partial charge on any atom is -0.454 e. The van der Waals surface area contributed by atoms with Gasteiger partial charge in [0.2, 0.25) is 6.79 Å². The topological polar surface area (TPSA) is 82.1 Å². The highest BCUT2D eigenvalue weighted by molar-refractivity contribution is 7.86. The molecule has 0 N–H and O–H groups in total. The zero-order valence-corrected chi connectivity index (χ0v) is 16.9. The van der Waals surface area contributed by atoms with E-state index in [-0.39, 0.29) is 24.5 Å². The molecule has 1 aliphatic rings. The van der Waals surface area contributed by atoms with Crippen molar-refractivity contribution in [3.05, 3.63) is 53.6 Å². The molecule has 1 aliphatic heterocycles. The number of carbonyl (C=O) groups excluding carboxylic acids is 1. The van der Waals surface area contributed by atoms with Gasteiger partial charge in [0, 0.05) is 18.2 Å². The van der Waals surface area contributed by atoms with Crippen LogP contribution in [-0.4, -0.2) is 38.3 Å². The lowest BCUT2D eigenvalue weighted by molar-refractivity contribution is 0.0671. The minimum absolute atomic E-state index is 0.0184. The molecule has 2 aromatic carbocycles. The van der Waals surface area contributed by atoms with E-state index in [4.69, 9.17) is 13.7 Å². The Hall–Kier alpha value is -2.74. The highest BCUT2D eigenvalue weighted by atomic mass is 32.2. The van der Waals surface area contributed by atoms with Crippen LogP contribution in [-0.2, 0) is 16.7 Å². The Balaban J connectivity index is 1.79. The average Bonchev–Trinajstić information content (AvgIpc) is 3.13. The first kappa shape index (κ1) is 20.0. The first-order valence-corrected chi connectivity index (χ1v) is 10.8. The molecule has 1 amide bonds. The Kier molecular flexibility index (Phi) is 5.79. The molecule has 0 spiro atoms. The second-order valence-corrected chi connectivity index (χ2v) is 8.26. The van der Waals surface area contributed by atoms with Crippen molar-refractivity contribution < 1.29 is 26.9 Å². The number of benzene rings is 2. The van der Waals surface area contributed by atoms with E-state index in [0.29, 0.717) is 23.6 Å². The zero-order chi connectivity index (χ0) is 20.3. The molecule has 0 radical (unpaired) electrons. The Labute approximate surface area is 164 Å². The molecule has 8 heteroatoms. The van der Waals surface area contributed by atoms with Crippen LogP contribution in [0, 0.1) is 0 Å². The highest BCUT2D eigenvalue weighted by Crippen LogP contribution is 2.33. The third-order valence-electron chi connectivity index (χ3n) is 4.53. The number of hydrogen-bond donors (Lipinski definition) is 0. The Bertz CT molecular complexity index is 955. The van der Waals surface area contributed by atoms with Crippen molar-refractivity contribution in [2.75, 3.05) is 13.0 Å². The number of ether oxygens (including phenoxy) is 2. The van der Waals surface area contributed by atoms with Gasteiger partial charge in [-0.15, -0.1) is 0 Å². The summed E-state index contributed by atoms with van der Waals surface area (Å²) in [7, 11) is -3.57. The van der Waals surface area contributed by atoms with Crippen LogP contribution in [0.25, 0.3) is 0 Å². The molecule has 0 fully saturated rings. The van der Waals surface area contributed by atoms with E-state index in [1.54, 1.807) is 47.4 Å². The van der Waals surface area contributed by atoms with Gasteiger partial charge in [-0.25, -0.2) is 0 Å². The van der Waals surface area contributed by atoms with E-state index in [2.05, 4.69) is 0 Å². The average molecular weight is 405 g/mol. The Morgan fingerprint density at radius 3 is 2.46 bits per heavy atom. The lowest BCUT2D eigenvalue weighted by atomic mass is 10.1. The maximum absolute atomic E-state index is 13.1. The van der Waals surface area contributed by atoms with Crippen LogP contribution in [0.4, 0.5) is 0 Å². The van der Waals surface area contributed by atoms with Crippen molar-refractivity contribution in [1.29, 1.82) is 0 Å². The lowest BCUT2D eigenvalue weighted by Gasteiger charge is -2.29. The number of amides is 1. The molecular weight excluding hydrogens is 382 g/mol. The van der Waals surface area contributed by atoms with Gasteiger partial charge in [0.15, 0.2) is 11.5 Å². The number of carbonyl (C=O) groups is 1. The quantitative estimate of drug-likeness (QED) is 0.658. The zero-order valence-electron chi connectivity index (χ0n) is 16.0. The highest BCUT2D eigenvalue weighted by Gasteiger charge is 2.23. The summed E-state index contributed by atoms with van der Waals surface area (Å²) in [6.07, 6.45) is 1.79. The molecule has 3 rings (SSSR count). The van der Waals surface area contributed by atoms with Crippen LogP contribution in [0.2, 0.25) is 0 Å².